The highest BCUT2D eigenvalue weighted by molar-refractivity contribution is 8.04. The van der Waals surface area contributed by atoms with Gasteiger partial charge in [-0.05, 0) is 32.0 Å². The molecule has 1 atom stereocenters. The molecule has 0 aliphatic rings. The molecule has 0 bridgehead atoms. The summed E-state index contributed by atoms with van der Waals surface area (Å²) in [6, 6.07) is 0. The number of nitrogens with zero attached hydrogens (tertiary/aromatic N) is 1. The molecule has 0 heterocycles. The average molecular weight is 279 g/mol. The van der Waals surface area contributed by atoms with E-state index in [0.29, 0.717) is 0 Å². The lowest BCUT2D eigenvalue weighted by Crippen LogP contribution is -2.50. The fourth-order valence-electron chi connectivity index (χ4n) is 1.19. The Kier molecular flexibility index (Phi) is 8.86. The maximum atomic E-state index is 8.71. The van der Waals surface area contributed by atoms with Gasteiger partial charge in [0.2, 0.25) is 0 Å². The minimum Gasteiger partial charge on any atom is -0.355 e. The zero-order valence-corrected chi connectivity index (χ0v) is 12.9. The van der Waals surface area contributed by atoms with Crippen LogP contribution in [0.15, 0.2) is 0 Å². The van der Waals surface area contributed by atoms with Crippen molar-refractivity contribution in [1.82, 2.24) is 0 Å². The fraction of sp³-hybridized carbons (Fsp3) is 0.900. The van der Waals surface area contributed by atoms with Gasteiger partial charge in [-0.1, -0.05) is 13.3 Å². The van der Waals surface area contributed by atoms with E-state index in [4.69, 9.17) is 23.0 Å². The van der Waals surface area contributed by atoms with Gasteiger partial charge < -0.3 is 17.7 Å². The zero-order valence-electron chi connectivity index (χ0n) is 11.1. The predicted molar refractivity (Wildman–Crippen MR) is 69.0 cm³/mol. The Morgan fingerprint density at radius 2 is 1.82 bits per heavy atom. The highest BCUT2D eigenvalue weighted by atomic mass is 32.2. The lowest BCUT2D eigenvalue weighted by molar-refractivity contribution is -0.0327. The number of hydrogen-bond donors (Lipinski definition) is 0. The minimum absolute atomic E-state index is 0.0593. The van der Waals surface area contributed by atoms with Crippen LogP contribution in [-0.4, -0.2) is 34.8 Å². The number of nitriles is 1. The zero-order chi connectivity index (χ0) is 13.3. The highest BCUT2D eigenvalue weighted by Crippen LogP contribution is 2.23. The lowest BCUT2D eigenvalue weighted by atomic mass is 10.4. The van der Waals surface area contributed by atoms with E-state index in [-0.39, 0.29) is 11.5 Å². The summed E-state index contributed by atoms with van der Waals surface area (Å²) in [7, 11) is -0.120. The highest BCUT2D eigenvalue weighted by Gasteiger charge is 2.46. The standard InChI is InChI=1S/C10H21NO4SSi/c1-6-7-10(16-8-11)15-17(12-4,13-5)14-9(2)3/h9-10H,6-7H2,1-5H3. The van der Waals surface area contributed by atoms with Gasteiger partial charge in [-0.15, -0.1) is 0 Å². The Morgan fingerprint density at radius 1 is 1.24 bits per heavy atom. The molecule has 17 heavy (non-hydrogen) atoms. The van der Waals surface area contributed by atoms with Crippen molar-refractivity contribution >= 4 is 20.8 Å². The van der Waals surface area contributed by atoms with E-state index in [9.17, 15) is 0 Å². The van der Waals surface area contributed by atoms with E-state index in [0.717, 1.165) is 24.6 Å². The molecule has 0 fully saturated rings. The van der Waals surface area contributed by atoms with Crippen molar-refractivity contribution in [2.45, 2.75) is 45.2 Å². The van der Waals surface area contributed by atoms with Crippen LogP contribution in [-0.2, 0) is 17.7 Å². The Morgan fingerprint density at radius 3 is 2.18 bits per heavy atom. The third-order valence-electron chi connectivity index (χ3n) is 1.86. The van der Waals surface area contributed by atoms with E-state index in [1.54, 1.807) is 0 Å². The Balaban J connectivity index is 4.63. The first-order chi connectivity index (χ1) is 8.03. The number of thioether (sulfide) groups is 1. The van der Waals surface area contributed by atoms with Gasteiger partial charge >= 0.3 is 9.05 Å². The van der Waals surface area contributed by atoms with Crippen molar-refractivity contribution in [2.75, 3.05) is 14.2 Å². The topological polar surface area (TPSA) is 60.7 Å². The van der Waals surface area contributed by atoms with Gasteiger partial charge in [0, 0.05) is 20.3 Å². The molecule has 5 nitrogen and oxygen atoms in total. The third kappa shape index (κ3) is 6.40. The molecule has 0 aromatic carbocycles. The van der Waals surface area contributed by atoms with Gasteiger partial charge in [0.15, 0.2) is 0 Å². The quantitative estimate of drug-likeness (QED) is 0.367. The monoisotopic (exact) mass is 279 g/mol. The first-order valence-electron chi connectivity index (χ1n) is 5.54. The second-order valence-electron chi connectivity index (χ2n) is 3.62. The molecule has 0 aliphatic carbocycles. The van der Waals surface area contributed by atoms with Crippen molar-refractivity contribution in [1.29, 1.82) is 5.26 Å². The van der Waals surface area contributed by atoms with Crippen LogP contribution >= 0.6 is 11.8 Å². The minimum atomic E-state index is -3.12. The third-order valence-corrected chi connectivity index (χ3v) is 5.07. The molecule has 0 rings (SSSR count). The van der Waals surface area contributed by atoms with E-state index in [2.05, 4.69) is 0 Å². The molecule has 0 spiro atoms. The molecule has 7 heteroatoms. The van der Waals surface area contributed by atoms with Gasteiger partial charge in [0.05, 0.1) is 0 Å². The molecule has 0 N–H and O–H groups in total. The molecular formula is C10H21NO4SSi. The molecule has 0 amide bonds. The number of thiocyanates is 1. The van der Waals surface area contributed by atoms with Crippen molar-refractivity contribution in [3.63, 3.8) is 0 Å². The second kappa shape index (κ2) is 8.91. The van der Waals surface area contributed by atoms with Crippen LogP contribution in [0.1, 0.15) is 33.6 Å². The normalized spacial score (nSPS) is 13.7. The summed E-state index contributed by atoms with van der Waals surface area (Å²) in [4.78, 5) is 0. The first-order valence-corrected chi connectivity index (χ1v) is 8.05. The summed E-state index contributed by atoms with van der Waals surface area (Å²) in [5, 5.41) is 10.7. The lowest BCUT2D eigenvalue weighted by Gasteiger charge is -2.29. The van der Waals surface area contributed by atoms with Crippen LogP contribution in [0.5, 0.6) is 0 Å². The molecule has 100 valence electrons. The van der Waals surface area contributed by atoms with Crippen LogP contribution in [0.2, 0.25) is 0 Å². The Bertz CT molecular complexity index is 243. The predicted octanol–water partition coefficient (Wildman–Crippen LogP) is 2.50. The SMILES string of the molecule is CCCC(O[Si](OC)(OC)OC(C)C)SC#N. The molecule has 0 saturated heterocycles. The molecular weight excluding hydrogens is 258 g/mol. The van der Waals surface area contributed by atoms with Crippen LogP contribution in [0, 0.1) is 10.7 Å². The molecule has 0 aliphatic heterocycles. The summed E-state index contributed by atoms with van der Waals surface area (Å²) in [6.07, 6.45) is 1.61. The second-order valence-corrected chi connectivity index (χ2v) is 6.85. The smallest absolute Gasteiger partial charge is 0.355 e. The van der Waals surface area contributed by atoms with Crippen molar-refractivity contribution in [3.05, 3.63) is 0 Å². The van der Waals surface area contributed by atoms with Crippen molar-refractivity contribution in [2.24, 2.45) is 0 Å². The van der Waals surface area contributed by atoms with Crippen LogP contribution in [0.25, 0.3) is 0 Å². The summed E-state index contributed by atoms with van der Waals surface area (Å²) < 4.78 is 21.9. The Labute approximate surface area is 109 Å². The van der Waals surface area contributed by atoms with Gasteiger partial charge in [0.1, 0.15) is 10.8 Å². The number of rotatable bonds is 9. The summed E-state index contributed by atoms with van der Waals surface area (Å²) in [5.41, 5.74) is -0.282. The average Bonchev–Trinajstić information content (AvgIpc) is 2.28. The van der Waals surface area contributed by atoms with Gasteiger partial charge in [-0.2, -0.15) is 5.26 Å². The molecule has 0 radical (unpaired) electrons. The number of hydrogen-bond acceptors (Lipinski definition) is 6. The van der Waals surface area contributed by atoms with Gasteiger partial charge in [-0.3, -0.25) is 0 Å². The largest absolute Gasteiger partial charge is 0.680 e. The van der Waals surface area contributed by atoms with E-state index >= 15 is 0 Å². The molecule has 0 aromatic heterocycles. The first kappa shape index (κ1) is 16.9. The summed E-state index contributed by atoms with van der Waals surface area (Å²) in [5.74, 6) is 0. The van der Waals surface area contributed by atoms with Crippen LogP contribution < -0.4 is 0 Å². The van der Waals surface area contributed by atoms with Crippen molar-refractivity contribution < 1.29 is 17.7 Å². The van der Waals surface area contributed by atoms with Gasteiger partial charge in [0.25, 0.3) is 0 Å². The Hall–Kier alpha value is -0.103. The van der Waals surface area contributed by atoms with E-state index < -0.39 is 9.05 Å². The van der Waals surface area contributed by atoms with Crippen molar-refractivity contribution in [3.8, 4) is 5.40 Å². The maximum Gasteiger partial charge on any atom is 0.680 e. The molecule has 0 aromatic rings. The van der Waals surface area contributed by atoms with E-state index in [1.807, 2.05) is 26.2 Å². The van der Waals surface area contributed by atoms with E-state index in [1.165, 1.54) is 14.2 Å². The maximum absolute atomic E-state index is 8.71. The van der Waals surface area contributed by atoms with Crippen LogP contribution in [0.4, 0.5) is 0 Å². The molecule has 1 unspecified atom stereocenters. The van der Waals surface area contributed by atoms with Crippen LogP contribution in [0.3, 0.4) is 0 Å². The van der Waals surface area contributed by atoms with Gasteiger partial charge in [-0.25, -0.2) is 0 Å². The fourth-order valence-corrected chi connectivity index (χ4v) is 3.83. The summed E-state index contributed by atoms with van der Waals surface area (Å²) >= 11 is 1.06. The summed E-state index contributed by atoms with van der Waals surface area (Å²) in [6.45, 7) is 5.80. The molecule has 0 saturated carbocycles.